The lowest BCUT2D eigenvalue weighted by Gasteiger charge is -2.41. The summed E-state index contributed by atoms with van der Waals surface area (Å²) < 4.78 is 2.41. The molecule has 0 radical (unpaired) electrons. The smallest absolute Gasteiger partial charge is 0.0394 e. The van der Waals surface area contributed by atoms with Crippen molar-refractivity contribution < 1.29 is 0 Å². The number of rotatable bonds is 0. The first-order valence-corrected chi connectivity index (χ1v) is 9.64. The monoisotopic (exact) mass is 417 g/mol. The van der Waals surface area contributed by atoms with Crippen LogP contribution in [0.25, 0.3) is 0 Å². The van der Waals surface area contributed by atoms with E-state index < -0.39 is 0 Å². The normalized spacial score (nSPS) is 28.9. The Morgan fingerprint density at radius 2 is 1.68 bits per heavy atom. The molecule has 2 aromatic rings. The van der Waals surface area contributed by atoms with Crippen LogP contribution in [-0.4, -0.2) is 17.5 Å². The number of halogens is 2. The largest absolute Gasteiger partial charge is 0.292 e. The molecular weight excluding hydrogens is 402 g/mol. The molecule has 0 unspecified atom stereocenters. The third-order valence-corrected chi connectivity index (χ3v) is 6.71. The van der Waals surface area contributed by atoms with Crippen LogP contribution in [0.1, 0.15) is 47.1 Å². The SMILES string of the molecule is Brc1ccc2c(c1)[C@H]1c3cc(Br)ccc3[C@@H](C2)N2CCC[C@@H]12. The van der Waals surface area contributed by atoms with Gasteiger partial charge in [-0.3, -0.25) is 4.90 Å². The molecule has 4 aliphatic rings. The maximum absolute atomic E-state index is 3.69. The summed E-state index contributed by atoms with van der Waals surface area (Å²) in [6.07, 6.45) is 3.83. The van der Waals surface area contributed by atoms with Crippen molar-refractivity contribution in [3.63, 3.8) is 0 Å². The lowest BCUT2D eigenvalue weighted by molar-refractivity contribution is 0.157. The Morgan fingerprint density at radius 1 is 0.909 bits per heavy atom. The molecule has 22 heavy (non-hydrogen) atoms. The van der Waals surface area contributed by atoms with Crippen LogP contribution in [0.3, 0.4) is 0 Å². The predicted molar refractivity (Wildman–Crippen MR) is 96.3 cm³/mol. The van der Waals surface area contributed by atoms with Gasteiger partial charge in [0, 0.05) is 26.9 Å². The molecule has 0 saturated carbocycles. The third-order valence-electron chi connectivity index (χ3n) is 5.73. The van der Waals surface area contributed by atoms with Gasteiger partial charge in [0.15, 0.2) is 0 Å². The van der Waals surface area contributed by atoms with Crippen molar-refractivity contribution in [2.75, 3.05) is 6.54 Å². The zero-order valence-electron chi connectivity index (χ0n) is 12.2. The van der Waals surface area contributed by atoms with Gasteiger partial charge in [-0.15, -0.1) is 0 Å². The Morgan fingerprint density at radius 3 is 2.55 bits per heavy atom. The summed E-state index contributed by atoms with van der Waals surface area (Å²) in [5, 5.41) is 0. The second-order valence-electron chi connectivity index (χ2n) is 6.76. The van der Waals surface area contributed by atoms with Crippen LogP contribution >= 0.6 is 31.9 Å². The highest BCUT2D eigenvalue weighted by Crippen LogP contribution is 2.53. The summed E-state index contributed by atoms with van der Waals surface area (Å²) in [5.74, 6) is 0.529. The van der Waals surface area contributed by atoms with Crippen LogP contribution in [0, 0.1) is 0 Å². The molecule has 0 aromatic heterocycles. The average Bonchev–Trinajstić information content (AvgIpc) is 2.89. The zero-order chi connectivity index (χ0) is 14.8. The molecule has 1 nitrogen and oxygen atoms in total. The van der Waals surface area contributed by atoms with E-state index in [-0.39, 0.29) is 0 Å². The van der Waals surface area contributed by atoms with E-state index in [9.17, 15) is 0 Å². The fraction of sp³-hybridized carbons (Fsp3) is 0.368. The summed E-state index contributed by atoms with van der Waals surface area (Å²) >= 11 is 7.38. The Balaban J connectivity index is 1.82. The van der Waals surface area contributed by atoms with Gasteiger partial charge in [-0.05, 0) is 72.3 Å². The van der Waals surface area contributed by atoms with Crippen LogP contribution < -0.4 is 0 Å². The molecule has 0 amide bonds. The van der Waals surface area contributed by atoms with Gasteiger partial charge in [-0.2, -0.15) is 0 Å². The number of hydrogen-bond acceptors (Lipinski definition) is 1. The molecule has 0 spiro atoms. The molecule has 3 heteroatoms. The fourth-order valence-electron chi connectivity index (χ4n) is 4.92. The zero-order valence-corrected chi connectivity index (χ0v) is 15.4. The summed E-state index contributed by atoms with van der Waals surface area (Å²) in [4.78, 5) is 2.79. The van der Waals surface area contributed by atoms with E-state index in [0.717, 1.165) is 6.42 Å². The van der Waals surface area contributed by atoms with Crippen molar-refractivity contribution in [2.24, 2.45) is 0 Å². The van der Waals surface area contributed by atoms with E-state index in [4.69, 9.17) is 0 Å². The van der Waals surface area contributed by atoms with Gasteiger partial charge in [0.2, 0.25) is 0 Å². The second-order valence-corrected chi connectivity index (χ2v) is 8.59. The first-order chi connectivity index (χ1) is 10.7. The summed E-state index contributed by atoms with van der Waals surface area (Å²) in [6, 6.07) is 15.1. The Bertz CT molecular complexity index is 770. The van der Waals surface area contributed by atoms with E-state index in [1.165, 1.54) is 28.3 Å². The van der Waals surface area contributed by atoms with Crippen molar-refractivity contribution in [3.05, 3.63) is 67.6 Å². The Kier molecular flexibility index (Phi) is 3.08. The Hall–Kier alpha value is -0.640. The van der Waals surface area contributed by atoms with Gasteiger partial charge >= 0.3 is 0 Å². The second kappa shape index (κ2) is 4.93. The first kappa shape index (κ1) is 13.8. The molecule has 1 saturated heterocycles. The maximum atomic E-state index is 3.69. The maximum Gasteiger partial charge on any atom is 0.0394 e. The van der Waals surface area contributed by atoms with Crippen LogP contribution in [0.2, 0.25) is 0 Å². The topological polar surface area (TPSA) is 3.24 Å². The summed E-state index contributed by atoms with van der Waals surface area (Å²) in [7, 11) is 0. The summed E-state index contributed by atoms with van der Waals surface area (Å²) in [6.45, 7) is 1.26. The molecule has 1 fully saturated rings. The molecule has 3 heterocycles. The molecular formula is C19H17Br2N. The van der Waals surface area contributed by atoms with Crippen LogP contribution in [-0.2, 0) is 6.42 Å². The predicted octanol–water partition coefficient (Wildman–Crippen LogP) is 5.42. The van der Waals surface area contributed by atoms with Gasteiger partial charge in [0.25, 0.3) is 0 Å². The lowest BCUT2D eigenvalue weighted by atomic mass is 9.79. The van der Waals surface area contributed by atoms with Crippen molar-refractivity contribution >= 4 is 31.9 Å². The van der Waals surface area contributed by atoms with Crippen LogP contribution in [0.5, 0.6) is 0 Å². The van der Waals surface area contributed by atoms with Gasteiger partial charge in [0.05, 0.1) is 0 Å². The quantitative estimate of drug-likeness (QED) is 0.552. The molecule has 2 bridgehead atoms. The van der Waals surface area contributed by atoms with Crippen LogP contribution in [0.15, 0.2) is 45.3 Å². The molecule has 0 N–H and O–H groups in total. The van der Waals surface area contributed by atoms with E-state index in [0.29, 0.717) is 18.0 Å². The first-order valence-electron chi connectivity index (χ1n) is 8.06. The van der Waals surface area contributed by atoms with Crippen molar-refractivity contribution in [1.82, 2.24) is 4.90 Å². The summed E-state index contributed by atoms with van der Waals surface area (Å²) in [5.41, 5.74) is 6.20. The molecule has 2 aromatic carbocycles. The lowest BCUT2D eigenvalue weighted by Crippen LogP contribution is -2.41. The molecule has 1 aliphatic carbocycles. The highest BCUT2D eigenvalue weighted by Gasteiger charge is 2.46. The third kappa shape index (κ3) is 1.85. The van der Waals surface area contributed by atoms with E-state index in [1.807, 2.05) is 0 Å². The van der Waals surface area contributed by atoms with Gasteiger partial charge in [-0.25, -0.2) is 0 Å². The van der Waals surface area contributed by atoms with Gasteiger partial charge in [0.1, 0.15) is 0 Å². The van der Waals surface area contributed by atoms with E-state index >= 15 is 0 Å². The average molecular weight is 419 g/mol. The molecule has 3 atom stereocenters. The standard InChI is InChI=1S/C19H17Br2N/c20-12-4-3-11-8-18-14-6-5-13(21)10-16(14)19(15(11)9-12)17-2-1-7-22(17)18/h3-6,9-10,17-19H,1-2,7-8H2/t17-,18+,19-/m0/s1. The van der Waals surface area contributed by atoms with Crippen LogP contribution in [0.4, 0.5) is 0 Å². The molecule has 112 valence electrons. The minimum Gasteiger partial charge on any atom is -0.292 e. The minimum atomic E-state index is 0.529. The fourth-order valence-corrected chi connectivity index (χ4v) is 5.67. The number of nitrogens with zero attached hydrogens (tertiary/aromatic N) is 1. The van der Waals surface area contributed by atoms with E-state index in [2.05, 4.69) is 73.2 Å². The molecule has 6 rings (SSSR count). The number of hydrogen-bond donors (Lipinski definition) is 0. The van der Waals surface area contributed by atoms with Gasteiger partial charge < -0.3 is 0 Å². The van der Waals surface area contributed by atoms with Crippen molar-refractivity contribution in [2.45, 2.75) is 37.3 Å². The minimum absolute atomic E-state index is 0.529. The highest BCUT2D eigenvalue weighted by molar-refractivity contribution is 9.10. The van der Waals surface area contributed by atoms with Crippen molar-refractivity contribution in [3.8, 4) is 0 Å². The Labute approximate surface area is 148 Å². The number of benzene rings is 2. The van der Waals surface area contributed by atoms with Gasteiger partial charge in [-0.1, -0.05) is 44.0 Å². The molecule has 3 aliphatic heterocycles. The highest BCUT2D eigenvalue weighted by atomic mass is 79.9. The van der Waals surface area contributed by atoms with E-state index in [1.54, 1.807) is 22.3 Å². The van der Waals surface area contributed by atoms with Crippen molar-refractivity contribution in [1.29, 1.82) is 0 Å².